The van der Waals surface area contributed by atoms with Gasteiger partial charge in [0.05, 0.1) is 0 Å². The molecule has 205 valence electrons. The molecule has 0 unspecified atom stereocenters. The van der Waals surface area contributed by atoms with Gasteiger partial charge in [0.25, 0.3) is 0 Å². The maximum absolute atomic E-state index is 4.69. The van der Waals surface area contributed by atoms with Crippen LogP contribution in [0.1, 0.15) is 26.3 Å². The first kappa shape index (κ1) is 28.4. The van der Waals surface area contributed by atoms with Gasteiger partial charge in [0.1, 0.15) is 0 Å². The number of hydrogen-bond donors (Lipinski definition) is 0. The van der Waals surface area contributed by atoms with E-state index in [-0.39, 0.29) is 25.5 Å². The number of nitrogens with zero attached hydrogens (tertiary/aromatic N) is 3. The molecule has 0 bridgehead atoms. The van der Waals surface area contributed by atoms with Gasteiger partial charge in [-0.1, -0.05) is 80.8 Å². The summed E-state index contributed by atoms with van der Waals surface area (Å²) in [6.07, 6.45) is 3.84. The molecule has 4 aromatic carbocycles. The summed E-state index contributed by atoms with van der Waals surface area (Å²) >= 11 is 0. The maximum atomic E-state index is 4.69. The Balaban J connectivity index is 0.000000175. The zero-order chi connectivity index (χ0) is 27.7. The molecular formula is C37H31IrN3-2. The van der Waals surface area contributed by atoms with E-state index in [0.29, 0.717) is 0 Å². The van der Waals surface area contributed by atoms with Crippen molar-refractivity contribution in [3.8, 4) is 22.5 Å². The van der Waals surface area contributed by atoms with Crippen molar-refractivity contribution in [2.75, 3.05) is 0 Å². The van der Waals surface area contributed by atoms with Crippen LogP contribution in [0, 0.1) is 12.1 Å². The van der Waals surface area contributed by atoms with Crippen LogP contribution in [-0.2, 0) is 32.6 Å². The summed E-state index contributed by atoms with van der Waals surface area (Å²) in [5.41, 5.74) is 7.90. The van der Waals surface area contributed by atoms with Crippen LogP contribution in [0.15, 0.2) is 116 Å². The average molecular weight is 710 g/mol. The second-order valence-electron chi connectivity index (χ2n) is 11.0. The van der Waals surface area contributed by atoms with Gasteiger partial charge in [-0.3, -0.25) is 0 Å². The van der Waals surface area contributed by atoms with Crippen molar-refractivity contribution >= 4 is 32.6 Å². The van der Waals surface area contributed by atoms with E-state index in [4.69, 9.17) is 4.98 Å². The summed E-state index contributed by atoms with van der Waals surface area (Å²) in [7, 11) is 2.12. The topological polar surface area (TPSA) is 30.7 Å². The Bertz CT molecular complexity index is 1930. The van der Waals surface area contributed by atoms with E-state index < -0.39 is 0 Å². The Hall–Kier alpha value is -4.11. The number of benzene rings is 4. The summed E-state index contributed by atoms with van der Waals surface area (Å²) in [6, 6.07) is 41.8. The summed E-state index contributed by atoms with van der Waals surface area (Å²) in [5.74, 6) is 0. The Labute approximate surface area is 255 Å². The quantitative estimate of drug-likeness (QED) is 0.168. The van der Waals surface area contributed by atoms with Crippen molar-refractivity contribution in [2.24, 2.45) is 7.05 Å². The summed E-state index contributed by atoms with van der Waals surface area (Å²) in [5, 5.41) is 4.88. The molecule has 7 rings (SSSR count). The Kier molecular flexibility index (Phi) is 8.17. The van der Waals surface area contributed by atoms with E-state index >= 15 is 0 Å². The fourth-order valence-electron chi connectivity index (χ4n) is 5.22. The van der Waals surface area contributed by atoms with Crippen LogP contribution >= 0.6 is 0 Å². The van der Waals surface area contributed by atoms with E-state index in [1.807, 2.05) is 42.7 Å². The minimum atomic E-state index is 0. The molecule has 41 heavy (non-hydrogen) atoms. The Morgan fingerprint density at radius 3 is 2.17 bits per heavy atom. The van der Waals surface area contributed by atoms with Gasteiger partial charge >= 0.3 is 0 Å². The minimum Gasteiger partial charge on any atom is -0.383 e. The molecule has 3 heterocycles. The van der Waals surface area contributed by atoms with E-state index in [1.54, 1.807) is 0 Å². The molecule has 4 heteroatoms. The van der Waals surface area contributed by atoms with Crippen LogP contribution in [0.4, 0.5) is 0 Å². The monoisotopic (exact) mass is 710 g/mol. The molecule has 7 aromatic rings. The third-order valence-electron chi connectivity index (χ3n) is 7.39. The summed E-state index contributed by atoms with van der Waals surface area (Å²) in [6.45, 7) is 6.58. The molecule has 0 aliphatic carbocycles. The molecule has 0 aliphatic rings. The first-order valence-corrected chi connectivity index (χ1v) is 13.6. The molecule has 0 N–H and O–H groups in total. The fraction of sp³-hybridized carbons (Fsp3) is 0.135. The molecule has 0 fully saturated rings. The third-order valence-corrected chi connectivity index (χ3v) is 7.39. The first-order valence-electron chi connectivity index (χ1n) is 13.6. The van der Waals surface area contributed by atoms with Crippen molar-refractivity contribution in [3.05, 3.63) is 133 Å². The van der Waals surface area contributed by atoms with Crippen LogP contribution < -0.4 is 0 Å². The maximum Gasteiger partial charge on any atom is 0.0389 e. The molecule has 1 radical (unpaired) electrons. The minimum absolute atomic E-state index is 0. The molecule has 3 aromatic heterocycles. The van der Waals surface area contributed by atoms with Crippen molar-refractivity contribution in [1.82, 2.24) is 14.5 Å². The van der Waals surface area contributed by atoms with Crippen LogP contribution in [0.5, 0.6) is 0 Å². The second-order valence-corrected chi connectivity index (χ2v) is 11.0. The predicted molar refractivity (Wildman–Crippen MR) is 167 cm³/mol. The smallest absolute Gasteiger partial charge is 0.0389 e. The fourth-order valence-corrected chi connectivity index (χ4v) is 5.22. The molecule has 0 saturated carbocycles. The number of rotatable bonds is 2. The van der Waals surface area contributed by atoms with Gasteiger partial charge in [-0.15, -0.1) is 59.7 Å². The van der Waals surface area contributed by atoms with Gasteiger partial charge in [0.15, 0.2) is 0 Å². The Morgan fingerprint density at radius 2 is 1.44 bits per heavy atom. The van der Waals surface area contributed by atoms with Gasteiger partial charge in [-0.05, 0) is 56.2 Å². The number of fused-ring (bicyclic) bond motifs is 4. The molecule has 3 nitrogen and oxygen atoms in total. The van der Waals surface area contributed by atoms with E-state index in [0.717, 1.165) is 27.9 Å². The van der Waals surface area contributed by atoms with Gasteiger partial charge in [-0.2, -0.15) is 0 Å². The zero-order valence-electron chi connectivity index (χ0n) is 23.6. The summed E-state index contributed by atoms with van der Waals surface area (Å²) < 4.78 is 2.25. The first-order chi connectivity index (χ1) is 19.4. The van der Waals surface area contributed by atoms with E-state index in [9.17, 15) is 0 Å². The van der Waals surface area contributed by atoms with Gasteiger partial charge in [-0.25, -0.2) is 0 Å². The largest absolute Gasteiger partial charge is 0.383 e. The van der Waals surface area contributed by atoms with Gasteiger partial charge in [0, 0.05) is 45.1 Å². The van der Waals surface area contributed by atoms with Crippen LogP contribution in [0.2, 0.25) is 0 Å². The molecule has 0 saturated heterocycles. The molecular weight excluding hydrogens is 679 g/mol. The molecule has 0 atom stereocenters. The summed E-state index contributed by atoms with van der Waals surface area (Å²) in [4.78, 5) is 9.18. The van der Waals surface area contributed by atoms with Gasteiger partial charge in [0.2, 0.25) is 0 Å². The van der Waals surface area contributed by atoms with E-state index in [1.165, 1.54) is 32.8 Å². The number of para-hydroxylation sites is 1. The van der Waals surface area contributed by atoms with Crippen molar-refractivity contribution in [1.29, 1.82) is 0 Å². The van der Waals surface area contributed by atoms with Crippen LogP contribution in [-0.4, -0.2) is 14.5 Å². The van der Waals surface area contributed by atoms with E-state index in [2.05, 4.69) is 122 Å². The molecule has 0 spiro atoms. The molecule has 0 aliphatic heterocycles. The zero-order valence-corrected chi connectivity index (χ0v) is 26.0. The number of hydrogen-bond acceptors (Lipinski definition) is 2. The standard InChI is InChI=1S/C22H15N2.C15H16N.Ir/c1-24-20-12-5-4-9-17(20)18-10-6-11-19(22(18)24)21-16-8-3-2-7-15(16)13-14-23-21;1-15(2,3)13-9-10-14(16-11-13)12-7-5-4-6-8-12;/h2-10,12-14H,1H3;4-7,9-11H,1-3H3;/q2*-1;. The number of aryl methyl sites for hydroxylation is 1. The van der Waals surface area contributed by atoms with Crippen LogP contribution in [0.25, 0.3) is 55.1 Å². The van der Waals surface area contributed by atoms with Crippen LogP contribution in [0.3, 0.4) is 0 Å². The Morgan fingerprint density at radius 1 is 0.683 bits per heavy atom. The molecule has 0 amide bonds. The second kappa shape index (κ2) is 11.8. The van der Waals surface area contributed by atoms with Crippen molar-refractivity contribution in [2.45, 2.75) is 26.2 Å². The van der Waals surface area contributed by atoms with Crippen molar-refractivity contribution in [3.63, 3.8) is 0 Å². The average Bonchev–Trinajstić information content (AvgIpc) is 3.29. The predicted octanol–water partition coefficient (Wildman–Crippen LogP) is 9.19. The normalized spacial score (nSPS) is 11.2. The SMILES string of the molecule is CC(C)(C)c1ccc(-c2[c-]cccc2)nc1.Cn1c2ccccc2c2cc[c-]c(-c3nccc4ccccc34)c21.[Ir]. The number of aromatic nitrogens is 3. The van der Waals surface area contributed by atoms with Crippen molar-refractivity contribution < 1.29 is 20.1 Å². The third kappa shape index (κ3) is 5.59. The van der Waals surface area contributed by atoms with Gasteiger partial charge < -0.3 is 14.5 Å². The number of pyridine rings is 2.